The molecule has 0 spiro atoms. The van der Waals surface area contributed by atoms with E-state index < -0.39 is 36.1 Å². The summed E-state index contributed by atoms with van der Waals surface area (Å²) in [4.78, 5) is 36.0. The van der Waals surface area contributed by atoms with Crippen LogP contribution in [0.3, 0.4) is 0 Å². The molecule has 2 N–H and O–H groups in total. The number of anilines is 1. The summed E-state index contributed by atoms with van der Waals surface area (Å²) in [5.74, 6) is -3.74. The zero-order chi connectivity index (χ0) is 24.3. The number of alkyl carbamates (subject to hydrolysis) is 1. The number of amides is 2. The Bertz CT molecular complexity index is 830. The number of carbonyl (C=O) groups excluding carboxylic acids is 3. The molecule has 0 heterocycles. The second kappa shape index (κ2) is 12.9. The van der Waals surface area contributed by atoms with Gasteiger partial charge in [-0.2, -0.15) is 13.2 Å². The van der Waals surface area contributed by atoms with Gasteiger partial charge in [-0.3, -0.25) is 9.59 Å². The number of esters is 1. The van der Waals surface area contributed by atoms with Gasteiger partial charge in [0.1, 0.15) is 12.6 Å². The van der Waals surface area contributed by atoms with Crippen molar-refractivity contribution in [2.45, 2.75) is 45.8 Å². The van der Waals surface area contributed by atoms with Crippen LogP contribution >= 0.6 is 11.6 Å². The SMILES string of the molecule is C/C=C/COC(=O)NC(C(=O)Nc1cc(CCC(=O)OCC)ccc1Cl)C(C)C(F)(F)F. The molecular weight excluding hydrogens is 453 g/mol. The molecule has 1 aromatic carbocycles. The van der Waals surface area contributed by atoms with Gasteiger partial charge in [0.15, 0.2) is 0 Å². The van der Waals surface area contributed by atoms with E-state index in [1.54, 1.807) is 26.0 Å². The Labute approximate surface area is 189 Å². The van der Waals surface area contributed by atoms with Crippen LogP contribution in [-0.4, -0.2) is 43.4 Å². The molecule has 1 aromatic rings. The Morgan fingerprint density at radius 1 is 1.22 bits per heavy atom. The lowest BCUT2D eigenvalue weighted by Gasteiger charge is -2.26. The molecule has 1 rings (SSSR count). The maximum Gasteiger partial charge on any atom is 0.408 e. The molecule has 0 aliphatic rings. The van der Waals surface area contributed by atoms with E-state index in [9.17, 15) is 27.6 Å². The fourth-order valence-electron chi connectivity index (χ4n) is 2.51. The first-order chi connectivity index (χ1) is 15.0. The fourth-order valence-corrected chi connectivity index (χ4v) is 2.67. The number of hydrogen-bond acceptors (Lipinski definition) is 5. The molecule has 32 heavy (non-hydrogen) atoms. The van der Waals surface area contributed by atoms with Crippen LogP contribution in [0.15, 0.2) is 30.4 Å². The first kappa shape index (κ1) is 27.3. The molecule has 0 saturated heterocycles. The minimum atomic E-state index is -4.76. The number of allylic oxidation sites excluding steroid dienone is 1. The summed E-state index contributed by atoms with van der Waals surface area (Å²) in [5, 5.41) is 4.35. The quantitative estimate of drug-likeness (QED) is 0.377. The van der Waals surface area contributed by atoms with E-state index in [4.69, 9.17) is 21.1 Å². The van der Waals surface area contributed by atoms with Crippen molar-refractivity contribution < 1.29 is 37.0 Å². The first-order valence-electron chi connectivity index (χ1n) is 9.85. The van der Waals surface area contributed by atoms with Gasteiger partial charge in [0.05, 0.1) is 23.2 Å². The molecule has 178 valence electrons. The van der Waals surface area contributed by atoms with Gasteiger partial charge in [-0.05, 0) is 38.0 Å². The summed E-state index contributed by atoms with van der Waals surface area (Å²) in [6, 6.07) is 2.54. The lowest BCUT2D eigenvalue weighted by molar-refractivity contribution is -0.178. The largest absolute Gasteiger partial charge is 0.466 e. The number of benzene rings is 1. The van der Waals surface area contributed by atoms with Crippen molar-refractivity contribution in [2.24, 2.45) is 5.92 Å². The molecule has 0 aliphatic heterocycles. The molecule has 2 unspecified atom stereocenters. The van der Waals surface area contributed by atoms with Crippen molar-refractivity contribution in [3.63, 3.8) is 0 Å². The molecule has 2 amide bonds. The Balaban J connectivity index is 2.99. The highest BCUT2D eigenvalue weighted by atomic mass is 35.5. The van der Waals surface area contributed by atoms with E-state index in [0.717, 1.165) is 6.92 Å². The maximum absolute atomic E-state index is 13.3. The molecule has 0 bridgehead atoms. The summed E-state index contributed by atoms with van der Waals surface area (Å²) >= 11 is 6.07. The third kappa shape index (κ3) is 9.17. The summed E-state index contributed by atoms with van der Waals surface area (Å²) < 4.78 is 49.4. The van der Waals surface area contributed by atoms with E-state index in [2.05, 4.69) is 5.32 Å². The second-order valence-corrected chi connectivity index (χ2v) is 7.14. The zero-order valence-corrected chi connectivity index (χ0v) is 18.7. The van der Waals surface area contributed by atoms with Crippen LogP contribution in [0, 0.1) is 5.92 Å². The van der Waals surface area contributed by atoms with E-state index in [1.165, 1.54) is 18.2 Å². The van der Waals surface area contributed by atoms with Crippen molar-refractivity contribution >= 4 is 35.3 Å². The third-order valence-electron chi connectivity index (χ3n) is 4.33. The van der Waals surface area contributed by atoms with Gasteiger partial charge < -0.3 is 20.1 Å². The molecule has 0 fully saturated rings. The van der Waals surface area contributed by atoms with E-state index in [-0.39, 0.29) is 36.8 Å². The second-order valence-electron chi connectivity index (χ2n) is 6.73. The summed E-state index contributed by atoms with van der Waals surface area (Å²) in [6.07, 6.45) is -2.51. The van der Waals surface area contributed by atoms with Crippen molar-refractivity contribution in [3.05, 3.63) is 40.9 Å². The van der Waals surface area contributed by atoms with E-state index >= 15 is 0 Å². The summed E-state index contributed by atoms with van der Waals surface area (Å²) in [5.41, 5.74) is 0.651. The van der Waals surface area contributed by atoms with Crippen LogP contribution in [0.4, 0.5) is 23.7 Å². The number of rotatable bonds is 10. The molecular formula is C21H26ClF3N2O5. The van der Waals surface area contributed by atoms with Crippen LogP contribution < -0.4 is 10.6 Å². The fraction of sp³-hybridized carbons (Fsp3) is 0.476. The van der Waals surface area contributed by atoms with E-state index in [0.29, 0.717) is 5.56 Å². The van der Waals surface area contributed by atoms with Crippen LogP contribution in [0.2, 0.25) is 5.02 Å². The number of hydrogen-bond donors (Lipinski definition) is 2. The minimum Gasteiger partial charge on any atom is -0.466 e. The summed E-state index contributed by atoms with van der Waals surface area (Å²) in [7, 11) is 0. The molecule has 7 nitrogen and oxygen atoms in total. The standard InChI is InChI=1S/C21H26ClF3N2O5/c1-4-6-11-32-20(30)27-18(13(3)21(23,24)25)19(29)26-16-12-14(7-9-15(16)22)8-10-17(28)31-5-2/h4,6-7,9,12-13,18H,5,8,10-11H2,1-3H3,(H,26,29)(H,27,30)/b6-4+. The van der Waals surface area contributed by atoms with Gasteiger partial charge in [-0.1, -0.05) is 36.7 Å². The molecule has 0 aliphatic carbocycles. The average Bonchev–Trinajstić information content (AvgIpc) is 2.71. The Kier molecular flexibility index (Phi) is 11.0. The molecule has 11 heteroatoms. The highest BCUT2D eigenvalue weighted by Crippen LogP contribution is 2.30. The van der Waals surface area contributed by atoms with Gasteiger partial charge in [0, 0.05) is 6.42 Å². The Morgan fingerprint density at radius 3 is 2.50 bits per heavy atom. The minimum absolute atomic E-state index is 0.0430. The lowest BCUT2D eigenvalue weighted by atomic mass is 10.0. The smallest absolute Gasteiger partial charge is 0.408 e. The Hall–Kier alpha value is -2.75. The molecule has 2 atom stereocenters. The predicted octanol–water partition coefficient (Wildman–Crippen LogP) is 4.64. The number of ether oxygens (including phenoxy) is 2. The van der Waals surface area contributed by atoms with Crippen LogP contribution in [0.5, 0.6) is 0 Å². The number of alkyl halides is 3. The number of nitrogens with one attached hydrogen (secondary N) is 2. The highest BCUT2D eigenvalue weighted by molar-refractivity contribution is 6.33. The van der Waals surface area contributed by atoms with Crippen molar-refractivity contribution in [1.82, 2.24) is 5.32 Å². The molecule has 0 saturated carbocycles. The monoisotopic (exact) mass is 478 g/mol. The van der Waals surface area contributed by atoms with Crippen molar-refractivity contribution in [1.29, 1.82) is 0 Å². The van der Waals surface area contributed by atoms with Crippen LogP contribution in [0.1, 0.15) is 32.8 Å². The van der Waals surface area contributed by atoms with Crippen LogP contribution in [-0.2, 0) is 25.5 Å². The van der Waals surface area contributed by atoms with Gasteiger partial charge in [0.2, 0.25) is 5.91 Å². The highest BCUT2D eigenvalue weighted by Gasteiger charge is 2.45. The normalized spacial score (nSPS) is 13.3. The van der Waals surface area contributed by atoms with Gasteiger partial charge in [-0.25, -0.2) is 4.79 Å². The van der Waals surface area contributed by atoms with Gasteiger partial charge >= 0.3 is 18.2 Å². The zero-order valence-electron chi connectivity index (χ0n) is 17.9. The number of carbonyl (C=O) groups is 3. The average molecular weight is 479 g/mol. The van der Waals surface area contributed by atoms with Gasteiger partial charge in [-0.15, -0.1) is 0 Å². The molecule has 0 aromatic heterocycles. The number of halogens is 4. The molecule has 0 radical (unpaired) electrons. The maximum atomic E-state index is 13.3. The van der Waals surface area contributed by atoms with Crippen molar-refractivity contribution in [2.75, 3.05) is 18.5 Å². The van der Waals surface area contributed by atoms with Crippen molar-refractivity contribution in [3.8, 4) is 0 Å². The topological polar surface area (TPSA) is 93.7 Å². The van der Waals surface area contributed by atoms with E-state index in [1.807, 2.05) is 5.32 Å². The Morgan fingerprint density at radius 2 is 1.91 bits per heavy atom. The van der Waals surface area contributed by atoms with Gasteiger partial charge in [0.25, 0.3) is 0 Å². The summed E-state index contributed by atoms with van der Waals surface area (Å²) in [6.45, 7) is 4.20. The van der Waals surface area contributed by atoms with Crippen LogP contribution in [0.25, 0.3) is 0 Å². The number of aryl methyl sites for hydroxylation is 1. The first-order valence-corrected chi connectivity index (χ1v) is 10.2. The predicted molar refractivity (Wildman–Crippen MR) is 113 cm³/mol. The lowest BCUT2D eigenvalue weighted by Crippen LogP contribution is -2.52. The third-order valence-corrected chi connectivity index (χ3v) is 4.66.